The SMILES string of the molecule is CN1CCN(CCC(=O)N/N=C\c2ccccc2[N+](=O)[O-])CC1. The molecule has 1 fully saturated rings. The normalized spacial score (nSPS) is 16.6. The van der Waals surface area contributed by atoms with Gasteiger partial charge in [0, 0.05) is 45.2 Å². The molecular weight excluding hydrogens is 298 g/mol. The number of nitrogens with zero attached hydrogens (tertiary/aromatic N) is 4. The number of para-hydroxylation sites is 1. The van der Waals surface area contributed by atoms with Crippen LogP contribution in [0.5, 0.6) is 0 Å². The zero-order valence-corrected chi connectivity index (χ0v) is 13.1. The summed E-state index contributed by atoms with van der Waals surface area (Å²) < 4.78 is 0. The van der Waals surface area contributed by atoms with Gasteiger partial charge in [0.25, 0.3) is 5.69 Å². The maximum Gasteiger partial charge on any atom is 0.278 e. The standard InChI is InChI=1S/C15H21N5O3/c1-18-8-10-19(11-9-18)7-6-15(21)17-16-12-13-4-2-3-5-14(13)20(22)23/h2-5,12H,6-11H2,1H3,(H,17,21)/b16-12-. The third-order valence-corrected chi connectivity index (χ3v) is 3.78. The Morgan fingerprint density at radius 2 is 2.04 bits per heavy atom. The van der Waals surface area contributed by atoms with Crippen LogP contribution >= 0.6 is 0 Å². The van der Waals surface area contributed by atoms with Crippen molar-refractivity contribution in [2.45, 2.75) is 6.42 Å². The number of rotatable bonds is 6. The summed E-state index contributed by atoms with van der Waals surface area (Å²) in [7, 11) is 2.08. The van der Waals surface area contributed by atoms with E-state index in [1.54, 1.807) is 18.2 Å². The van der Waals surface area contributed by atoms with E-state index in [0.717, 1.165) is 26.2 Å². The van der Waals surface area contributed by atoms with Crippen LogP contribution in [0.2, 0.25) is 0 Å². The zero-order chi connectivity index (χ0) is 16.7. The fraction of sp³-hybridized carbons (Fsp3) is 0.467. The number of amides is 1. The number of nitro benzene ring substituents is 1. The third-order valence-electron chi connectivity index (χ3n) is 3.78. The second-order valence-corrected chi connectivity index (χ2v) is 5.50. The lowest BCUT2D eigenvalue weighted by molar-refractivity contribution is -0.385. The first-order chi connectivity index (χ1) is 11.1. The number of benzene rings is 1. The summed E-state index contributed by atoms with van der Waals surface area (Å²) in [5.41, 5.74) is 2.74. The van der Waals surface area contributed by atoms with E-state index in [2.05, 4.69) is 27.4 Å². The van der Waals surface area contributed by atoms with Gasteiger partial charge in [0.15, 0.2) is 0 Å². The Labute approximate surface area is 134 Å². The zero-order valence-electron chi connectivity index (χ0n) is 13.1. The second kappa shape index (κ2) is 8.35. The van der Waals surface area contributed by atoms with Crippen molar-refractivity contribution in [1.82, 2.24) is 15.2 Å². The van der Waals surface area contributed by atoms with Gasteiger partial charge in [-0.15, -0.1) is 0 Å². The molecule has 1 aliphatic heterocycles. The molecular formula is C15H21N5O3. The first kappa shape index (κ1) is 17.0. The number of carbonyl (C=O) groups is 1. The van der Waals surface area contributed by atoms with Gasteiger partial charge in [-0.25, -0.2) is 5.43 Å². The van der Waals surface area contributed by atoms with E-state index in [4.69, 9.17) is 0 Å². The molecule has 1 aromatic carbocycles. The molecule has 8 heteroatoms. The average Bonchev–Trinajstić information content (AvgIpc) is 2.54. The molecule has 0 spiro atoms. The van der Waals surface area contributed by atoms with E-state index in [0.29, 0.717) is 18.5 Å². The van der Waals surface area contributed by atoms with E-state index in [1.165, 1.54) is 12.3 Å². The molecule has 1 amide bonds. The van der Waals surface area contributed by atoms with E-state index < -0.39 is 4.92 Å². The average molecular weight is 319 g/mol. The summed E-state index contributed by atoms with van der Waals surface area (Å²) in [4.78, 5) is 26.7. The van der Waals surface area contributed by atoms with Gasteiger partial charge in [0.05, 0.1) is 16.7 Å². The molecule has 1 N–H and O–H groups in total. The predicted molar refractivity (Wildman–Crippen MR) is 87.4 cm³/mol. The molecule has 0 atom stereocenters. The minimum atomic E-state index is -0.476. The molecule has 0 saturated carbocycles. The number of nitro groups is 1. The minimum Gasteiger partial charge on any atom is -0.304 e. The Morgan fingerprint density at radius 1 is 1.35 bits per heavy atom. The van der Waals surface area contributed by atoms with Gasteiger partial charge in [-0.2, -0.15) is 5.10 Å². The molecule has 0 aromatic heterocycles. The number of nitrogens with one attached hydrogen (secondary N) is 1. The maximum absolute atomic E-state index is 11.8. The fourth-order valence-electron chi connectivity index (χ4n) is 2.32. The smallest absolute Gasteiger partial charge is 0.278 e. The van der Waals surface area contributed by atoms with Crippen molar-refractivity contribution in [3.8, 4) is 0 Å². The molecule has 0 aliphatic carbocycles. The molecule has 0 unspecified atom stereocenters. The van der Waals surface area contributed by atoms with Gasteiger partial charge < -0.3 is 9.80 Å². The quantitative estimate of drug-likeness (QED) is 0.473. The Hall–Kier alpha value is -2.32. The van der Waals surface area contributed by atoms with Crippen molar-refractivity contribution in [1.29, 1.82) is 0 Å². The van der Waals surface area contributed by atoms with Crippen molar-refractivity contribution >= 4 is 17.8 Å². The first-order valence-corrected chi connectivity index (χ1v) is 7.52. The summed E-state index contributed by atoms with van der Waals surface area (Å²) >= 11 is 0. The van der Waals surface area contributed by atoms with Crippen molar-refractivity contribution in [3.05, 3.63) is 39.9 Å². The van der Waals surface area contributed by atoms with E-state index >= 15 is 0 Å². The summed E-state index contributed by atoms with van der Waals surface area (Å²) in [5.74, 6) is -0.196. The number of piperazine rings is 1. The molecule has 1 heterocycles. The Balaban J connectivity index is 1.77. The lowest BCUT2D eigenvalue weighted by atomic mass is 10.2. The first-order valence-electron chi connectivity index (χ1n) is 7.52. The topological polar surface area (TPSA) is 91.1 Å². The third kappa shape index (κ3) is 5.42. The van der Waals surface area contributed by atoms with Gasteiger partial charge in [-0.05, 0) is 13.1 Å². The van der Waals surface area contributed by atoms with Crippen molar-refractivity contribution < 1.29 is 9.72 Å². The van der Waals surface area contributed by atoms with Crippen LogP contribution < -0.4 is 5.43 Å². The Morgan fingerprint density at radius 3 is 2.74 bits per heavy atom. The van der Waals surface area contributed by atoms with Crippen molar-refractivity contribution in [3.63, 3.8) is 0 Å². The van der Waals surface area contributed by atoms with Crippen LogP contribution in [0.15, 0.2) is 29.4 Å². The molecule has 8 nitrogen and oxygen atoms in total. The highest BCUT2D eigenvalue weighted by atomic mass is 16.6. The van der Waals surface area contributed by atoms with Gasteiger partial charge in [0.1, 0.15) is 0 Å². The molecule has 2 rings (SSSR count). The monoisotopic (exact) mass is 319 g/mol. The van der Waals surface area contributed by atoms with Crippen LogP contribution in [0.25, 0.3) is 0 Å². The van der Waals surface area contributed by atoms with Crippen molar-refractivity contribution in [2.24, 2.45) is 5.10 Å². The van der Waals surface area contributed by atoms with Crippen molar-refractivity contribution in [2.75, 3.05) is 39.8 Å². The molecule has 1 aromatic rings. The highest BCUT2D eigenvalue weighted by molar-refractivity contribution is 5.86. The fourth-order valence-corrected chi connectivity index (χ4v) is 2.32. The van der Waals surface area contributed by atoms with Crippen LogP contribution in [0, 0.1) is 10.1 Å². The minimum absolute atomic E-state index is 0.0389. The van der Waals surface area contributed by atoms with Crippen LogP contribution in [-0.2, 0) is 4.79 Å². The summed E-state index contributed by atoms with van der Waals surface area (Å²) in [6.07, 6.45) is 1.66. The van der Waals surface area contributed by atoms with Crippen LogP contribution in [0.3, 0.4) is 0 Å². The maximum atomic E-state index is 11.8. The highest BCUT2D eigenvalue weighted by Crippen LogP contribution is 2.14. The molecule has 1 aliphatic rings. The van der Waals surface area contributed by atoms with Gasteiger partial charge in [0.2, 0.25) is 5.91 Å². The predicted octanol–water partition coefficient (Wildman–Crippen LogP) is 0.682. The lowest BCUT2D eigenvalue weighted by Gasteiger charge is -2.32. The molecule has 0 bridgehead atoms. The number of hydrogen-bond acceptors (Lipinski definition) is 6. The van der Waals surface area contributed by atoms with Crippen LogP contribution in [0.4, 0.5) is 5.69 Å². The molecule has 124 valence electrons. The Bertz CT molecular complexity index is 582. The number of hydrogen-bond donors (Lipinski definition) is 1. The lowest BCUT2D eigenvalue weighted by Crippen LogP contribution is -2.45. The van der Waals surface area contributed by atoms with Gasteiger partial charge in [-0.3, -0.25) is 14.9 Å². The molecule has 0 radical (unpaired) electrons. The number of carbonyl (C=O) groups excluding carboxylic acids is 1. The van der Waals surface area contributed by atoms with Gasteiger partial charge in [-0.1, -0.05) is 12.1 Å². The highest BCUT2D eigenvalue weighted by Gasteiger charge is 2.14. The largest absolute Gasteiger partial charge is 0.304 e. The summed E-state index contributed by atoms with van der Waals surface area (Å²) in [6.45, 7) is 4.64. The van der Waals surface area contributed by atoms with Gasteiger partial charge >= 0.3 is 0 Å². The molecule has 1 saturated heterocycles. The Kier molecular flexibility index (Phi) is 6.19. The van der Waals surface area contributed by atoms with E-state index in [1.807, 2.05) is 0 Å². The van der Waals surface area contributed by atoms with Crippen LogP contribution in [-0.4, -0.2) is 66.6 Å². The van der Waals surface area contributed by atoms with E-state index in [-0.39, 0.29) is 11.6 Å². The number of hydrazone groups is 1. The second-order valence-electron chi connectivity index (χ2n) is 5.50. The summed E-state index contributed by atoms with van der Waals surface area (Å²) in [6, 6.07) is 6.25. The van der Waals surface area contributed by atoms with E-state index in [9.17, 15) is 14.9 Å². The number of likely N-dealkylation sites (N-methyl/N-ethyl adjacent to an activating group) is 1. The van der Waals surface area contributed by atoms with Crippen LogP contribution in [0.1, 0.15) is 12.0 Å². The summed E-state index contributed by atoms with van der Waals surface area (Å²) in [5, 5.41) is 14.7. The molecule has 23 heavy (non-hydrogen) atoms.